The summed E-state index contributed by atoms with van der Waals surface area (Å²) >= 11 is 1.58. The number of ether oxygens (including phenoxy) is 1. The molecule has 3 heterocycles. The van der Waals surface area contributed by atoms with E-state index >= 15 is 0 Å². The Bertz CT molecular complexity index is 1120. The van der Waals surface area contributed by atoms with Crippen molar-refractivity contribution in [3.63, 3.8) is 0 Å². The summed E-state index contributed by atoms with van der Waals surface area (Å²) in [5, 5.41) is 2.95. The van der Waals surface area contributed by atoms with Gasteiger partial charge in [-0.05, 0) is 38.0 Å². The minimum absolute atomic E-state index is 0.0173. The molecule has 2 aliphatic heterocycles. The SMILES string of the molecule is CC1Oc2ccc(-c3csc(-c4ccccc4)n3)cc2N(CC(=O)N2CCCC2)C1=O. The highest BCUT2D eigenvalue weighted by molar-refractivity contribution is 7.13. The highest BCUT2D eigenvalue weighted by Crippen LogP contribution is 2.38. The van der Waals surface area contributed by atoms with Crippen LogP contribution in [0.3, 0.4) is 0 Å². The van der Waals surface area contributed by atoms with Gasteiger partial charge < -0.3 is 9.64 Å². The lowest BCUT2D eigenvalue weighted by Crippen LogP contribution is -2.49. The summed E-state index contributed by atoms with van der Waals surface area (Å²) < 4.78 is 5.81. The molecule has 5 rings (SSSR count). The molecule has 0 aliphatic carbocycles. The molecule has 0 N–H and O–H groups in total. The van der Waals surface area contributed by atoms with Gasteiger partial charge in [-0.1, -0.05) is 30.3 Å². The van der Waals surface area contributed by atoms with Crippen molar-refractivity contribution >= 4 is 28.8 Å². The maximum atomic E-state index is 12.9. The summed E-state index contributed by atoms with van der Waals surface area (Å²) in [6.45, 7) is 3.29. The molecule has 1 fully saturated rings. The van der Waals surface area contributed by atoms with Gasteiger partial charge in [0.15, 0.2) is 6.10 Å². The molecule has 31 heavy (non-hydrogen) atoms. The second-order valence-corrected chi connectivity index (χ2v) is 8.72. The normalized spacial score (nSPS) is 18.1. The van der Waals surface area contributed by atoms with Crippen LogP contribution in [-0.4, -0.2) is 47.4 Å². The van der Waals surface area contributed by atoms with Crippen LogP contribution in [0.15, 0.2) is 53.9 Å². The quantitative estimate of drug-likeness (QED) is 0.618. The number of hydrogen-bond acceptors (Lipinski definition) is 5. The highest BCUT2D eigenvalue weighted by Gasteiger charge is 2.34. The van der Waals surface area contributed by atoms with Crippen molar-refractivity contribution in [2.45, 2.75) is 25.9 Å². The number of fused-ring (bicyclic) bond motifs is 1. The fourth-order valence-electron chi connectivity index (χ4n) is 4.05. The number of amides is 2. The number of likely N-dealkylation sites (tertiary alicyclic amines) is 1. The van der Waals surface area contributed by atoms with E-state index in [0.29, 0.717) is 11.4 Å². The number of hydrogen-bond donors (Lipinski definition) is 0. The van der Waals surface area contributed by atoms with E-state index in [0.717, 1.165) is 47.8 Å². The first-order valence-electron chi connectivity index (χ1n) is 10.5. The van der Waals surface area contributed by atoms with Crippen molar-refractivity contribution < 1.29 is 14.3 Å². The van der Waals surface area contributed by atoms with E-state index in [2.05, 4.69) is 0 Å². The van der Waals surface area contributed by atoms with Crippen molar-refractivity contribution in [1.29, 1.82) is 0 Å². The lowest BCUT2D eigenvalue weighted by Gasteiger charge is -2.33. The maximum Gasteiger partial charge on any atom is 0.268 e. The van der Waals surface area contributed by atoms with Gasteiger partial charge in [-0.15, -0.1) is 11.3 Å². The van der Waals surface area contributed by atoms with Crippen LogP contribution in [-0.2, 0) is 9.59 Å². The first-order chi connectivity index (χ1) is 15.1. The first-order valence-corrected chi connectivity index (χ1v) is 11.4. The van der Waals surface area contributed by atoms with Crippen LogP contribution in [0, 0.1) is 0 Å². The van der Waals surface area contributed by atoms with Gasteiger partial charge in [0.2, 0.25) is 5.91 Å². The van der Waals surface area contributed by atoms with Crippen LogP contribution in [0.25, 0.3) is 21.8 Å². The largest absolute Gasteiger partial charge is 0.479 e. The summed E-state index contributed by atoms with van der Waals surface area (Å²) in [6, 6.07) is 15.8. The number of benzene rings is 2. The molecular weight excluding hydrogens is 410 g/mol. The molecule has 1 aromatic heterocycles. The van der Waals surface area contributed by atoms with Crippen LogP contribution in [0.2, 0.25) is 0 Å². The molecule has 2 aliphatic rings. The Hall–Kier alpha value is -3.19. The third kappa shape index (κ3) is 3.81. The van der Waals surface area contributed by atoms with E-state index in [1.54, 1.807) is 23.2 Å². The molecule has 2 aromatic carbocycles. The van der Waals surface area contributed by atoms with E-state index in [-0.39, 0.29) is 18.4 Å². The minimum atomic E-state index is -0.617. The van der Waals surface area contributed by atoms with Crippen molar-refractivity contribution in [3.05, 3.63) is 53.9 Å². The van der Waals surface area contributed by atoms with E-state index < -0.39 is 6.10 Å². The van der Waals surface area contributed by atoms with Gasteiger partial charge in [0, 0.05) is 29.6 Å². The molecule has 1 saturated heterocycles. The number of aromatic nitrogens is 1. The van der Waals surface area contributed by atoms with Gasteiger partial charge in [0.1, 0.15) is 17.3 Å². The molecule has 1 atom stereocenters. The van der Waals surface area contributed by atoms with Gasteiger partial charge in [0.05, 0.1) is 11.4 Å². The van der Waals surface area contributed by atoms with Gasteiger partial charge in [-0.25, -0.2) is 4.98 Å². The number of anilines is 1. The fraction of sp³-hybridized carbons (Fsp3) is 0.292. The van der Waals surface area contributed by atoms with Gasteiger partial charge in [0.25, 0.3) is 5.91 Å². The lowest BCUT2D eigenvalue weighted by atomic mass is 10.1. The summed E-state index contributed by atoms with van der Waals surface area (Å²) in [5.74, 6) is 0.403. The third-order valence-electron chi connectivity index (χ3n) is 5.74. The smallest absolute Gasteiger partial charge is 0.268 e. The first kappa shape index (κ1) is 19.8. The molecule has 0 spiro atoms. The predicted octanol–water partition coefficient (Wildman–Crippen LogP) is 4.21. The molecule has 0 radical (unpaired) electrons. The van der Waals surface area contributed by atoms with Gasteiger partial charge in [-0.3, -0.25) is 14.5 Å². The third-order valence-corrected chi connectivity index (χ3v) is 6.63. The molecular formula is C24H23N3O3S. The van der Waals surface area contributed by atoms with Gasteiger partial charge in [-0.2, -0.15) is 0 Å². The van der Waals surface area contributed by atoms with Crippen LogP contribution in [0.5, 0.6) is 5.75 Å². The zero-order valence-electron chi connectivity index (χ0n) is 17.3. The number of thiazole rings is 1. The standard InChI is InChI=1S/C24H23N3O3S/c1-16-24(29)27(14-22(28)26-11-5-6-12-26)20-13-18(9-10-21(20)30-16)19-15-31-23(25-19)17-7-3-2-4-8-17/h2-4,7-10,13,15-16H,5-6,11-12,14H2,1H3. The molecule has 1 unspecified atom stereocenters. The molecule has 7 heteroatoms. The zero-order chi connectivity index (χ0) is 21.4. The minimum Gasteiger partial charge on any atom is -0.479 e. The maximum absolute atomic E-state index is 12.9. The molecule has 3 aromatic rings. The summed E-state index contributed by atoms with van der Waals surface area (Å²) in [6.07, 6.45) is 1.43. The Balaban J connectivity index is 1.46. The van der Waals surface area contributed by atoms with Crippen LogP contribution >= 0.6 is 11.3 Å². The molecule has 0 bridgehead atoms. The Labute approximate surface area is 185 Å². The number of rotatable bonds is 4. The van der Waals surface area contributed by atoms with Crippen LogP contribution in [0.1, 0.15) is 19.8 Å². The Morgan fingerprint density at radius 3 is 2.68 bits per heavy atom. The van der Waals surface area contributed by atoms with Crippen molar-refractivity contribution in [2.75, 3.05) is 24.5 Å². The highest BCUT2D eigenvalue weighted by atomic mass is 32.1. The Kier molecular flexibility index (Phi) is 5.19. The average molecular weight is 434 g/mol. The average Bonchev–Trinajstić information content (AvgIpc) is 3.50. The van der Waals surface area contributed by atoms with Crippen molar-refractivity contribution in [2.24, 2.45) is 0 Å². The molecule has 0 saturated carbocycles. The van der Waals surface area contributed by atoms with E-state index in [1.165, 1.54) is 0 Å². The second kappa shape index (κ2) is 8.15. The predicted molar refractivity (Wildman–Crippen MR) is 121 cm³/mol. The number of nitrogens with zero attached hydrogens (tertiary/aromatic N) is 3. The second-order valence-electron chi connectivity index (χ2n) is 7.86. The van der Waals surface area contributed by atoms with Crippen molar-refractivity contribution in [3.8, 4) is 27.6 Å². The van der Waals surface area contributed by atoms with Gasteiger partial charge >= 0.3 is 0 Å². The monoisotopic (exact) mass is 433 g/mol. The summed E-state index contributed by atoms with van der Waals surface area (Å²) in [5.41, 5.74) is 3.43. The zero-order valence-corrected chi connectivity index (χ0v) is 18.1. The van der Waals surface area contributed by atoms with Crippen molar-refractivity contribution in [1.82, 2.24) is 9.88 Å². The Morgan fingerprint density at radius 2 is 1.90 bits per heavy atom. The van der Waals surface area contributed by atoms with E-state index in [9.17, 15) is 9.59 Å². The molecule has 158 valence electrons. The van der Waals surface area contributed by atoms with Crippen LogP contribution < -0.4 is 9.64 Å². The van der Waals surface area contributed by atoms with E-state index in [4.69, 9.17) is 9.72 Å². The summed E-state index contributed by atoms with van der Waals surface area (Å²) in [4.78, 5) is 33.8. The summed E-state index contributed by atoms with van der Waals surface area (Å²) in [7, 11) is 0. The number of carbonyl (C=O) groups is 2. The number of carbonyl (C=O) groups excluding carboxylic acids is 2. The Morgan fingerprint density at radius 1 is 1.13 bits per heavy atom. The van der Waals surface area contributed by atoms with Crippen LogP contribution in [0.4, 0.5) is 5.69 Å². The molecule has 6 nitrogen and oxygen atoms in total. The fourth-order valence-corrected chi connectivity index (χ4v) is 4.89. The lowest BCUT2D eigenvalue weighted by molar-refractivity contribution is -0.132. The topological polar surface area (TPSA) is 62.7 Å². The molecule has 2 amide bonds. The van der Waals surface area contributed by atoms with E-state index in [1.807, 2.05) is 58.8 Å².